The lowest BCUT2D eigenvalue weighted by atomic mass is 10.0. The Morgan fingerprint density at radius 1 is 1.32 bits per heavy atom. The quantitative estimate of drug-likeness (QED) is 0.842. The molecule has 0 radical (unpaired) electrons. The fourth-order valence-corrected chi connectivity index (χ4v) is 2.29. The van der Waals surface area contributed by atoms with Gasteiger partial charge in [0.05, 0.1) is 12.5 Å². The first kappa shape index (κ1) is 13.3. The second-order valence-corrected chi connectivity index (χ2v) is 4.86. The lowest BCUT2D eigenvalue weighted by Gasteiger charge is -2.23. The smallest absolute Gasteiger partial charge is 0.309 e. The van der Waals surface area contributed by atoms with Gasteiger partial charge in [-0.25, -0.2) is 0 Å². The topological polar surface area (TPSA) is 57.6 Å². The third-order valence-electron chi connectivity index (χ3n) is 3.47. The van der Waals surface area contributed by atoms with Crippen LogP contribution in [-0.2, 0) is 4.79 Å². The third kappa shape index (κ3) is 2.84. The number of nitrogens with zero attached hydrogens (tertiary/aromatic N) is 1. The average Bonchev–Trinajstić information content (AvgIpc) is 2.70. The van der Waals surface area contributed by atoms with Crippen LogP contribution in [0.15, 0.2) is 36.0 Å². The molecule has 0 fully saturated rings. The van der Waals surface area contributed by atoms with Crippen molar-refractivity contribution in [3.05, 3.63) is 47.2 Å². The van der Waals surface area contributed by atoms with Crippen molar-refractivity contribution in [1.82, 2.24) is 4.90 Å². The molecule has 0 spiro atoms. The van der Waals surface area contributed by atoms with Crippen LogP contribution in [0.3, 0.4) is 0 Å². The highest BCUT2D eigenvalue weighted by Gasteiger charge is 2.30. The van der Waals surface area contributed by atoms with E-state index >= 15 is 0 Å². The van der Waals surface area contributed by atoms with E-state index in [0.717, 1.165) is 5.56 Å². The Hall–Kier alpha value is -2.10. The van der Waals surface area contributed by atoms with Crippen molar-refractivity contribution >= 4 is 11.8 Å². The minimum atomic E-state index is -0.874. The third-order valence-corrected chi connectivity index (χ3v) is 3.47. The molecule has 19 heavy (non-hydrogen) atoms. The molecule has 1 aliphatic heterocycles. The van der Waals surface area contributed by atoms with Gasteiger partial charge in [-0.3, -0.25) is 9.59 Å². The van der Waals surface area contributed by atoms with E-state index in [4.69, 9.17) is 5.11 Å². The summed E-state index contributed by atoms with van der Waals surface area (Å²) in [5, 5.41) is 8.81. The summed E-state index contributed by atoms with van der Waals surface area (Å²) in [6.45, 7) is 1.97. The van der Waals surface area contributed by atoms with Crippen molar-refractivity contribution in [2.24, 2.45) is 0 Å². The van der Waals surface area contributed by atoms with Crippen LogP contribution in [0.2, 0.25) is 0 Å². The highest BCUT2D eigenvalue weighted by atomic mass is 16.4. The number of carbonyl (C=O) groups is 2. The zero-order valence-electron chi connectivity index (χ0n) is 11.1. The predicted molar refractivity (Wildman–Crippen MR) is 72.0 cm³/mol. The van der Waals surface area contributed by atoms with Crippen LogP contribution in [-0.4, -0.2) is 34.8 Å². The van der Waals surface area contributed by atoms with Gasteiger partial charge in [-0.1, -0.05) is 35.9 Å². The Bertz CT molecular complexity index is 531. The number of likely N-dealkylation sites (N-methyl/N-ethyl adjacent to an activating group) is 1. The first-order valence-electron chi connectivity index (χ1n) is 6.23. The number of hydrogen-bond acceptors (Lipinski definition) is 3. The van der Waals surface area contributed by atoms with Gasteiger partial charge in [0.2, 0.25) is 0 Å². The summed E-state index contributed by atoms with van der Waals surface area (Å²) in [6, 6.07) is 7.18. The molecular weight excluding hydrogens is 242 g/mol. The number of rotatable bonds is 4. The predicted octanol–water partition coefficient (Wildman–Crippen LogP) is 2.24. The SMILES string of the molecule is Cc1ccc(C(=O)C2CC=C(CC(=O)O)N2C)cc1. The fraction of sp³-hybridized carbons (Fsp3) is 0.333. The molecule has 4 heteroatoms. The molecule has 1 aromatic carbocycles. The molecule has 1 N–H and O–H groups in total. The zero-order chi connectivity index (χ0) is 14.0. The van der Waals surface area contributed by atoms with Crippen molar-refractivity contribution < 1.29 is 14.7 Å². The summed E-state index contributed by atoms with van der Waals surface area (Å²) >= 11 is 0. The second kappa shape index (κ2) is 5.26. The number of carbonyl (C=O) groups excluding carboxylic acids is 1. The van der Waals surface area contributed by atoms with Gasteiger partial charge in [0.15, 0.2) is 5.78 Å². The molecule has 4 nitrogen and oxygen atoms in total. The Labute approximate surface area is 112 Å². The Morgan fingerprint density at radius 2 is 1.95 bits per heavy atom. The van der Waals surface area contributed by atoms with Gasteiger partial charge >= 0.3 is 5.97 Å². The highest BCUT2D eigenvalue weighted by molar-refractivity contribution is 6.00. The van der Waals surface area contributed by atoms with Gasteiger partial charge in [0.25, 0.3) is 0 Å². The molecule has 0 saturated carbocycles. The standard InChI is InChI=1S/C15H17NO3/c1-10-3-5-11(6-4-10)15(19)13-8-7-12(16(13)2)9-14(17)18/h3-7,13H,8-9H2,1-2H3,(H,17,18). The first-order chi connectivity index (χ1) is 8.99. The Kier molecular flexibility index (Phi) is 3.69. The molecule has 2 rings (SSSR count). The maximum Gasteiger partial charge on any atom is 0.309 e. The van der Waals surface area contributed by atoms with E-state index in [2.05, 4.69) is 0 Å². The molecule has 0 amide bonds. The number of Topliss-reactive ketones (excluding diaryl/α,β-unsaturated/α-hetero) is 1. The van der Waals surface area contributed by atoms with Crippen molar-refractivity contribution in [2.45, 2.75) is 25.8 Å². The Morgan fingerprint density at radius 3 is 2.53 bits per heavy atom. The normalized spacial score (nSPS) is 18.3. The fourth-order valence-electron chi connectivity index (χ4n) is 2.29. The highest BCUT2D eigenvalue weighted by Crippen LogP contribution is 2.25. The lowest BCUT2D eigenvalue weighted by molar-refractivity contribution is -0.136. The number of carboxylic acid groups (broad SMARTS) is 1. The number of carboxylic acids is 1. The maximum absolute atomic E-state index is 12.4. The number of aliphatic carboxylic acids is 1. The van der Waals surface area contributed by atoms with E-state index < -0.39 is 5.97 Å². The largest absolute Gasteiger partial charge is 0.481 e. The van der Waals surface area contributed by atoms with E-state index in [1.807, 2.05) is 37.3 Å². The van der Waals surface area contributed by atoms with Gasteiger partial charge in [-0.15, -0.1) is 0 Å². The molecular formula is C15H17NO3. The summed E-state index contributed by atoms with van der Waals surface area (Å²) in [7, 11) is 1.78. The summed E-state index contributed by atoms with van der Waals surface area (Å²) in [4.78, 5) is 24.9. The minimum Gasteiger partial charge on any atom is -0.481 e. The van der Waals surface area contributed by atoms with Crippen molar-refractivity contribution in [1.29, 1.82) is 0 Å². The molecule has 0 saturated heterocycles. The van der Waals surface area contributed by atoms with E-state index in [1.165, 1.54) is 0 Å². The van der Waals surface area contributed by atoms with E-state index in [0.29, 0.717) is 17.7 Å². The van der Waals surface area contributed by atoms with Crippen LogP contribution in [0.1, 0.15) is 28.8 Å². The molecule has 0 aromatic heterocycles. The number of hydrogen-bond donors (Lipinski definition) is 1. The molecule has 100 valence electrons. The van der Waals surface area contributed by atoms with E-state index in [-0.39, 0.29) is 18.2 Å². The van der Waals surface area contributed by atoms with Crippen LogP contribution in [0.4, 0.5) is 0 Å². The summed E-state index contributed by atoms with van der Waals surface area (Å²) < 4.78 is 0. The van der Waals surface area contributed by atoms with Crippen LogP contribution in [0.5, 0.6) is 0 Å². The molecule has 1 aromatic rings. The van der Waals surface area contributed by atoms with Crippen molar-refractivity contribution in [2.75, 3.05) is 7.05 Å². The van der Waals surface area contributed by atoms with Gasteiger partial charge in [0.1, 0.15) is 0 Å². The van der Waals surface area contributed by atoms with Gasteiger partial charge < -0.3 is 10.0 Å². The molecule has 0 aliphatic carbocycles. The van der Waals surface area contributed by atoms with Crippen LogP contribution in [0, 0.1) is 6.92 Å². The average molecular weight is 259 g/mol. The molecule has 1 unspecified atom stereocenters. The first-order valence-corrected chi connectivity index (χ1v) is 6.23. The van der Waals surface area contributed by atoms with Gasteiger partial charge in [0, 0.05) is 18.3 Å². The lowest BCUT2D eigenvalue weighted by Crippen LogP contribution is -2.34. The second-order valence-electron chi connectivity index (χ2n) is 4.86. The molecule has 0 bridgehead atoms. The van der Waals surface area contributed by atoms with Crippen LogP contribution < -0.4 is 0 Å². The molecule has 1 heterocycles. The van der Waals surface area contributed by atoms with E-state index in [1.54, 1.807) is 11.9 Å². The number of aryl methyl sites for hydroxylation is 1. The number of ketones is 1. The summed E-state index contributed by atoms with van der Waals surface area (Å²) in [5.41, 5.74) is 2.49. The van der Waals surface area contributed by atoms with Crippen LogP contribution in [0.25, 0.3) is 0 Å². The number of benzene rings is 1. The summed E-state index contributed by atoms with van der Waals surface area (Å²) in [5.74, 6) is -0.833. The molecule has 1 atom stereocenters. The van der Waals surface area contributed by atoms with Crippen molar-refractivity contribution in [3.63, 3.8) is 0 Å². The van der Waals surface area contributed by atoms with Gasteiger partial charge in [-0.05, 0) is 13.3 Å². The van der Waals surface area contributed by atoms with Crippen molar-refractivity contribution in [3.8, 4) is 0 Å². The molecule has 1 aliphatic rings. The van der Waals surface area contributed by atoms with Crippen LogP contribution >= 0.6 is 0 Å². The Balaban J connectivity index is 2.10. The van der Waals surface area contributed by atoms with Gasteiger partial charge in [-0.2, -0.15) is 0 Å². The monoisotopic (exact) mass is 259 g/mol. The zero-order valence-corrected chi connectivity index (χ0v) is 11.1. The van der Waals surface area contributed by atoms with E-state index in [9.17, 15) is 9.59 Å². The maximum atomic E-state index is 12.4. The minimum absolute atomic E-state index is 0.0336. The summed E-state index contributed by atoms with van der Waals surface area (Å²) in [6.07, 6.45) is 2.38.